The quantitative estimate of drug-likeness (QED) is 0.197. The van der Waals surface area contributed by atoms with Gasteiger partial charge in [-0.1, -0.05) is 0 Å². The first-order valence-electron chi connectivity index (χ1n) is 14.6. The van der Waals surface area contributed by atoms with Gasteiger partial charge < -0.3 is 9.97 Å². The fourth-order valence-electron chi connectivity index (χ4n) is 5.38. The second-order valence-corrected chi connectivity index (χ2v) is 10.8. The number of hydrogen-bond donors (Lipinski definition) is 2. The Kier molecular flexibility index (Phi) is 7.55. The van der Waals surface area contributed by atoms with Crippen LogP contribution in [0.3, 0.4) is 0 Å². The van der Waals surface area contributed by atoms with Crippen LogP contribution in [0.5, 0.6) is 0 Å². The van der Waals surface area contributed by atoms with E-state index >= 15 is 0 Å². The second kappa shape index (κ2) is 12.5. The molecule has 1 aliphatic rings. The topological polar surface area (TPSA) is 253 Å². The van der Waals surface area contributed by atoms with E-state index in [0.717, 1.165) is 0 Å². The number of benzene rings is 3. The maximum absolute atomic E-state index is 10.4. The molecule has 17 heteroatoms. The largest absolute Gasteiger partial charge is 0.340 e. The van der Waals surface area contributed by atoms with Crippen molar-refractivity contribution in [1.29, 1.82) is 26.3 Å². The Balaban J connectivity index is 1.42. The summed E-state index contributed by atoms with van der Waals surface area (Å²) >= 11 is 0. The molecule has 0 radical (unpaired) electrons. The summed E-state index contributed by atoms with van der Waals surface area (Å²) in [7, 11) is 0. The van der Waals surface area contributed by atoms with Gasteiger partial charge in [0.25, 0.3) is 0 Å². The van der Waals surface area contributed by atoms with Crippen molar-refractivity contribution in [3.8, 4) is 41.7 Å². The molecule has 0 fully saturated rings. The molecule has 0 saturated carbocycles. The number of rotatable bonds is 5. The predicted molar refractivity (Wildman–Crippen MR) is 175 cm³/mol. The van der Waals surface area contributed by atoms with Crippen LogP contribution in [0.25, 0.3) is 48.0 Å². The van der Waals surface area contributed by atoms with Gasteiger partial charge in [-0.15, -0.1) is 0 Å². The average Bonchev–Trinajstić information content (AvgIpc) is 3.90. The Morgan fingerprint density at radius 1 is 0.692 bits per heavy atom. The zero-order valence-electron chi connectivity index (χ0n) is 25.9. The van der Waals surface area contributed by atoms with Crippen molar-refractivity contribution < 1.29 is 0 Å². The molecule has 2 atom stereocenters. The lowest BCUT2D eigenvalue weighted by Gasteiger charge is -2.10. The van der Waals surface area contributed by atoms with Crippen LogP contribution in [0.4, 0.5) is 5.69 Å². The molecule has 0 aliphatic carbocycles. The number of aromatic nitrogens is 7. The number of allylic oxidation sites excluding steroid dienone is 1. The van der Waals surface area contributed by atoms with Crippen molar-refractivity contribution in [2.45, 2.75) is 12.0 Å². The van der Waals surface area contributed by atoms with E-state index in [0.29, 0.717) is 38.3 Å². The minimum Gasteiger partial charge on any atom is -0.340 e. The van der Waals surface area contributed by atoms with Crippen molar-refractivity contribution in [3.05, 3.63) is 139 Å². The number of H-pyrrole nitrogens is 2. The average molecular weight is 670 g/mol. The summed E-state index contributed by atoms with van der Waals surface area (Å²) in [6.07, 6.45) is 0. The molecule has 0 saturated heterocycles. The van der Waals surface area contributed by atoms with Gasteiger partial charge in [0.2, 0.25) is 11.5 Å². The minimum absolute atomic E-state index is 0.0304. The summed E-state index contributed by atoms with van der Waals surface area (Å²) in [5, 5.41) is 49.0. The van der Waals surface area contributed by atoms with E-state index in [-0.39, 0.29) is 63.0 Å². The van der Waals surface area contributed by atoms with E-state index in [1.165, 1.54) is 24.3 Å². The van der Waals surface area contributed by atoms with Crippen LogP contribution in [0.15, 0.2) is 64.0 Å². The van der Waals surface area contributed by atoms with Crippen LogP contribution in [0.1, 0.15) is 51.9 Å². The van der Waals surface area contributed by atoms with Gasteiger partial charge in [0, 0.05) is 5.56 Å². The van der Waals surface area contributed by atoms with Gasteiger partial charge >= 0.3 is 11.7 Å². The first kappa shape index (κ1) is 31.5. The molecule has 6 aromatic rings. The molecule has 3 aromatic carbocycles. The predicted octanol–water partition coefficient (Wildman–Crippen LogP) is 3.99. The number of nitriles is 5. The van der Waals surface area contributed by atoms with Crippen molar-refractivity contribution >= 4 is 27.8 Å². The molecule has 52 heavy (non-hydrogen) atoms. The minimum atomic E-state index is -1.28. The Hall–Kier alpha value is -9.13. The smallest absolute Gasteiger partial charge is 0.338 e. The molecule has 0 spiro atoms. The summed E-state index contributed by atoms with van der Waals surface area (Å²) in [4.78, 5) is 47.7. The van der Waals surface area contributed by atoms with Gasteiger partial charge in [0.1, 0.15) is 18.0 Å². The molecule has 3 aromatic heterocycles. The third-order valence-corrected chi connectivity index (χ3v) is 7.82. The lowest BCUT2D eigenvalue weighted by atomic mass is 10.1. The molecule has 2 unspecified atom stereocenters. The molecular weight excluding hydrogens is 659 g/mol. The highest BCUT2D eigenvalue weighted by Gasteiger charge is 2.31. The summed E-state index contributed by atoms with van der Waals surface area (Å²) in [6, 6.07) is 19.1. The summed E-state index contributed by atoms with van der Waals surface area (Å²) in [5.41, 5.74) is 1.96. The SMILES string of the molecule is [C-]#[N+]/C(C#N)=C1\N=c2ccc(-c3nc(C(C#N)c4nc5cc(C#N)c(C#N)cc5[nH]4)nc(C([N+]#[C-])c4nc5cc(C#N)c([N+]#[C-])cc5[nH]4)n3)cc2=N1. The van der Waals surface area contributed by atoms with Crippen LogP contribution in [0, 0.1) is 76.4 Å². The van der Waals surface area contributed by atoms with Crippen molar-refractivity contribution in [3.63, 3.8) is 0 Å². The highest BCUT2D eigenvalue weighted by Crippen LogP contribution is 2.31. The zero-order valence-corrected chi connectivity index (χ0v) is 25.9. The van der Waals surface area contributed by atoms with E-state index in [4.69, 9.17) is 19.7 Å². The number of hydrogen-bond acceptors (Lipinski definition) is 12. The van der Waals surface area contributed by atoms with Crippen LogP contribution in [0.2, 0.25) is 0 Å². The Bertz CT molecular complexity index is 2820. The van der Waals surface area contributed by atoms with E-state index in [2.05, 4.69) is 65.5 Å². The Labute approximate surface area is 291 Å². The zero-order chi connectivity index (χ0) is 36.5. The third kappa shape index (κ3) is 5.19. The van der Waals surface area contributed by atoms with E-state index < -0.39 is 12.0 Å². The highest BCUT2D eigenvalue weighted by molar-refractivity contribution is 5.83. The highest BCUT2D eigenvalue weighted by atomic mass is 15.1. The number of imidazole rings is 2. The van der Waals surface area contributed by atoms with E-state index in [9.17, 15) is 26.3 Å². The van der Waals surface area contributed by atoms with Crippen LogP contribution in [-0.2, 0) is 0 Å². The molecule has 2 N–H and O–H groups in total. The van der Waals surface area contributed by atoms with Gasteiger partial charge in [-0.25, -0.2) is 56.4 Å². The lowest BCUT2D eigenvalue weighted by Crippen LogP contribution is -2.21. The standard InChI is InChI=1S/C35H11N17/c1-41-22-10-27-26(9-19(22)13-38)48-34(49-27)29(43-3)35-51-30(16-4-5-21-23(6-16)47-33(44-21)28(15-40)42-2)50-32(52-35)20(14-39)31-45-24-7-17(11-36)18(12-37)8-25(24)46-31/h4-10,20,29H,(H,45,46)(H,48,49)/b33-28+. The Morgan fingerprint density at radius 3 is 2.02 bits per heavy atom. The summed E-state index contributed by atoms with van der Waals surface area (Å²) in [5.74, 6) is -1.28. The summed E-state index contributed by atoms with van der Waals surface area (Å²) < 4.78 is 0. The van der Waals surface area contributed by atoms with E-state index in [1.807, 2.05) is 18.2 Å². The van der Waals surface area contributed by atoms with Crippen LogP contribution >= 0.6 is 0 Å². The molecule has 236 valence electrons. The van der Waals surface area contributed by atoms with Gasteiger partial charge in [-0.2, -0.15) is 21.0 Å². The maximum atomic E-state index is 10.4. The molecule has 0 bridgehead atoms. The van der Waals surface area contributed by atoms with Crippen molar-refractivity contribution in [2.24, 2.45) is 9.98 Å². The van der Waals surface area contributed by atoms with Gasteiger partial charge in [-0.05, 0) is 42.5 Å². The molecule has 4 heterocycles. The first-order valence-corrected chi connectivity index (χ1v) is 14.6. The van der Waals surface area contributed by atoms with Crippen molar-refractivity contribution in [2.75, 3.05) is 0 Å². The van der Waals surface area contributed by atoms with Gasteiger partial charge in [0.05, 0.1) is 80.8 Å². The maximum Gasteiger partial charge on any atom is 0.338 e. The number of nitrogens with zero attached hydrogens (tertiary/aromatic N) is 15. The monoisotopic (exact) mass is 669 g/mol. The van der Waals surface area contributed by atoms with Gasteiger partial charge in [-0.3, -0.25) is 4.85 Å². The normalized spacial score (nSPS) is 13.2. The fourth-order valence-corrected chi connectivity index (χ4v) is 5.38. The van der Waals surface area contributed by atoms with Crippen molar-refractivity contribution in [1.82, 2.24) is 34.9 Å². The summed E-state index contributed by atoms with van der Waals surface area (Å²) in [6.45, 7) is 22.8. The molecule has 17 nitrogen and oxygen atoms in total. The van der Waals surface area contributed by atoms with Crippen LogP contribution < -0.4 is 10.7 Å². The second-order valence-electron chi connectivity index (χ2n) is 10.8. The third-order valence-electron chi connectivity index (χ3n) is 7.82. The lowest BCUT2D eigenvalue weighted by molar-refractivity contribution is 0.753. The number of nitrogens with one attached hydrogen (secondary N) is 2. The Morgan fingerprint density at radius 2 is 1.35 bits per heavy atom. The fraction of sp³-hybridized carbons (Fsp3) is 0.0571. The number of fused-ring (bicyclic) bond motifs is 3. The number of aromatic amines is 2. The van der Waals surface area contributed by atoms with Gasteiger partial charge in [0.15, 0.2) is 29.2 Å². The van der Waals surface area contributed by atoms with E-state index in [1.54, 1.807) is 24.3 Å². The molecule has 7 rings (SSSR count). The first-order chi connectivity index (χ1) is 25.3. The molecular formula is C35H11N17. The van der Waals surface area contributed by atoms with Crippen LogP contribution in [-0.4, -0.2) is 34.9 Å². The molecule has 1 aliphatic heterocycles. The molecule has 0 amide bonds.